The zero-order chi connectivity index (χ0) is 30.3. The molecule has 2 aromatic rings. The zero-order valence-corrected chi connectivity index (χ0v) is 24.1. The van der Waals surface area contributed by atoms with Gasteiger partial charge in [-0.1, -0.05) is 13.0 Å². The van der Waals surface area contributed by atoms with Crippen LogP contribution in [0.4, 0.5) is 23.2 Å². The maximum atomic E-state index is 15.6. The van der Waals surface area contributed by atoms with E-state index in [4.69, 9.17) is 30.5 Å². The van der Waals surface area contributed by atoms with Crippen LogP contribution in [-0.4, -0.2) is 52.5 Å². The Labute approximate surface area is 241 Å². The van der Waals surface area contributed by atoms with Gasteiger partial charge >= 0.3 is 12.1 Å². The van der Waals surface area contributed by atoms with Crippen LogP contribution in [0.15, 0.2) is 30.3 Å². The van der Waals surface area contributed by atoms with Gasteiger partial charge in [-0.25, -0.2) is 9.18 Å². The number of amides is 1. The summed E-state index contributed by atoms with van der Waals surface area (Å²) in [5, 5.41) is 0. The Kier molecular flexibility index (Phi) is 11.4. The van der Waals surface area contributed by atoms with Gasteiger partial charge in [0.05, 0.1) is 43.2 Å². The molecule has 0 unspecified atom stereocenters. The molecule has 0 heterocycles. The lowest BCUT2D eigenvalue weighted by Crippen LogP contribution is -2.49. The molecule has 0 aliphatic heterocycles. The summed E-state index contributed by atoms with van der Waals surface area (Å²) in [5.74, 6) is -3.82. The molecular weight excluding hydrogens is 570 g/mol. The van der Waals surface area contributed by atoms with Gasteiger partial charge in [-0.2, -0.15) is 13.2 Å². The van der Waals surface area contributed by atoms with Crippen LogP contribution in [0.5, 0.6) is 11.5 Å². The third kappa shape index (κ3) is 7.90. The molecule has 226 valence electrons. The number of esters is 1. The Bertz CT molecular complexity index is 1210. The first kappa shape index (κ1) is 32.6. The van der Waals surface area contributed by atoms with Gasteiger partial charge in [0.25, 0.3) is 0 Å². The van der Waals surface area contributed by atoms with Crippen molar-refractivity contribution in [2.45, 2.75) is 50.7 Å². The number of carbonyl (C=O) groups excluding carboxylic acids is 2. The monoisotopic (exact) mass is 603 g/mol. The first-order valence-electron chi connectivity index (χ1n) is 13.1. The summed E-state index contributed by atoms with van der Waals surface area (Å²) in [5.41, 5.74) is -1.38. The molecule has 0 radical (unpaired) electrons. The van der Waals surface area contributed by atoms with Crippen molar-refractivity contribution in [3.63, 3.8) is 0 Å². The molecule has 0 aromatic heterocycles. The number of carbonyl (C=O) groups is 2. The Balaban J connectivity index is 2.15. The van der Waals surface area contributed by atoms with Crippen LogP contribution in [0, 0.1) is 17.7 Å². The number of halogens is 5. The fourth-order valence-electron chi connectivity index (χ4n) is 4.96. The van der Waals surface area contributed by atoms with E-state index in [-0.39, 0.29) is 47.7 Å². The standard InChI is InChI=1S/C29H34ClF4NO6/c1-17-5-8-19(9-6-17)27(36)35(20(15-38-2)16-39-3)24-13-23(31)26(12-21(24)28(37)40-4)41-25-10-7-18(14-30)11-22(25)29(32,33)34/h7,10-13,17,19-20H,5-6,8-9,14-16H2,1-4H3. The van der Waals surface area contributed by atoms with Crippen molar-refractivity contribution in [2.24, 2.45) is 11.8 Å². The van der Waals surface area contributed by atoms with E-state index in [9.17, 15) is 22.8 Å². The van der Waals surface area contributed by atoms with E-state index in [2.05, 4.69) is 6.92 Å². The Morgan fingerprint density at radius 1 is 1.00 bits per heavy atom. The van der Waals surface area contributed by atoms with Gasteiger partial charge in [-0.05, 0) is 49.3 Å². The van der Waals surface area contributed by atoms with Crippen LogP contribution in [0.1, 0.15) is 54.1 Å². The molecular formula is C29H34ClF4NO6. The molecule has 12 heteroatoms. The number of alkyl halides is 4. The zero-order valence-electron chi connectivity index (χ0n) is 23.4. The summed E-state index contributed by atoms with van der Waals surface area (Å²) in [7, 11) is 3.96. The van der Waals surface area contributed by atoms with E-state index in [1.54, 1.807) is 0 Å². The van der Waals surface area contributed by atoms with Crippen LogP contribution in [0.25, 0.3) is 0 Å². The topological polar surface area (TPSA) is 74.3 Å². The summed E-state index contributed by atoms with van der Waals surface area (Å²) in [6, 6.07) is 4.23. The number of nitrogens with zero attached hydrogens (tertiary/aromatic N) is 1. The summed E-state index contributed by atoms with van der Waals surface area (Å²) in [6.07, 6.45) is -1.94. The predicted octanol–water partition coefficient (Wildman–Crippen LogP) is 6.98. The second-order valence-corrected chi connectivity index (χ2v) is 10.4. The third-order valence-corrected chi connectivity index (χ3v) is 7.43. The van der Waals surface area contributed by atoms with Crippen molar-refractivity contribution in [2.75, 3.05) is 39.4 Å². The normalized spacial score (nSPS) is 17.4. The summed E-state index contributed by atoms with van der Waals surface area (Å²) in [6.45, 7) is 2.12. The van der Waals surface area contributed by atoms with Crippen molar-refractivity contribution in [3.05, 3.63) is 52.8 Å². The van der Waals surface area contributed by atoms with Crippen LogP contribution in [0.3, 0.4) is 0 Å². The van der Waals surface area contributed by atoms with Gasteiger partial charge in [0.2, 0.25) is 5.91 Å². The van der Waals surface area contributed by atoms with Crippen molar-refractivity contribution < 1.29 is 46.1 Å². The second-order valence-electron chi connectivity index (χ2n) is 10.1. The third-order valence-electron chi connectivity index (χ3n) is 7.12. The summed E-state index contributed by atoms with van der Waals surface area (Å²) in [4.78, 5) is 28.2. The fourth-order valence-corrected chi connectivity index (χ4v) is 5.13. The quantitative estimate of drug-likeness (QED) is 0.157. The van der Waals surface area contributed by atoms with Gasteiger partial charge in [-0.3, -0.25) is 4.79 Å². The molecule has 1 aliphatic rings. The maximum absolute atomic E-state index is 15.6. The molecule has 7 nitrogen and oxygen atoms in total. The van der Waals surface area contributed by atoms with Crippen LogP contribution in [-0.2, 0) is 31.1 Å². The average molecular weight is 604 g/mol. The van der Waals surface area contributed by atoms with E-state index in [1.165, 1.54) is 25.2 Å². The highest BCUT2D eigenvalue weighted by Gasteiger charge is 2.37. The number of hydrogen-bond acceptors (Lipinski definition) is 6. The van der Waals surface area contributed by atoms with E-state index >= 15 is 4.39 Å². The molecule has 0 bridgehead atoms. The van der Waals surface area contributed by atoms with Gasteiger partial charge in [0, 0.05) is 38.2 Å². The molecule has 3 rings (SSSR count). The summed E-state index contributed by atoms with van der Waals surface area (Å²) < 4.78 is 77.8. The van der Waals surface area contributed by atoms with Crippen molar-refractivity contribution in [1.29, 1.82) is 0 Å². The molecule has 41 heavy (non-hydrogen) atoms. The lowest BCUT2D eigenvalue weighted by molar-refractivity contribution is -0.138. The molecule has 0 atom stereocenters. The largest absolute Gasteiger partial charge is 0.465 e. The highest BCUT2D eigenvalue weighted by molar-refractivity contribution is 6.17. The van der Waals surface area contributed by atoms with Crippen molar-refractivity contribution >= 4 is 29.2 Å². The lowest BCUT2D eigenvalue weighted by Gasteiger charge is -2.36. The second kappa shape index (κ2) is 14.3. The molecule has 1 saturated carbocycles. The molecule has 1 fully saturated rings. The lowest BCUT2D eigenvalue weighted by atomic mass is 9.82. The van der Waals surface area contributed by atoms with Crippen molar-refractivity contribution in [3.8, 4) is 11.5 Å². The van der Waals surface area contributed by atoms with Gasteiger partial charge in [0.15, 0.2) is 11.6 Å². The van der Waals surface area contributed by atoms with E-state index in [0.29, 0.717) is 18.8 Å². The van der Waals surface area contributed by atoms with E-state index in [0.717, 1.165) is 44.2 Å². The molecule has 0 saturated heterocycles. The number of ether oxygens (including phenoxy) is 4. The van der Waals surface area contributed by atoms with Gasteiger partial charge in [0.1, 0.15) is 5.75 Å². The van der Waals surface area contributed by atoms with Gasteiger partial charge < -0.3 is 23.8 Å². The Morgan fingerprint density at radius 2 is 1.63 bits per heavy atom. The van der Waals surface area contributed by atoms with Crippen LogP contribution in [0.2, 0.25) is 0 Å². The minimum Gasteiger partial charge on any atom is -0.465 e. The molecule has 1 amide bonds. The average Bonchev–Trinajstić information content (AvgIpc) is 2.94. The van der Waals surface area contributed by atoms with Crippen LogP contribution >= 0.6 is 11.6 Å². The number of benzene rings is 2. The van der Waals surface area contributed by atoms with Crippen LogP contribution < -0.4 is 9.64 Å². The first-order valence-corrected chi connectivity index (χ1v) is 13.6. The smallest absolute Gasteiger partial charge is 0.419 e. The molecule has 0 N–H and O–H groups in total. The predicted molar refractivity (Wildman–Crippen MR) is 145 cm³/mol. The van der Waals surface area contributed by atoms with E-state index < -0.39 is 41.1 Å². The SMILES string of the molecule is COCC(COC)N(C(=O)C1CCC(C)CC1)c1cc(F)c(Oc2ccc(CCl)cc2C(F)(F)F)cc1C(=O)OC. The first-order chi connectivity index (χ1) is 19.4. The van der Waals surface area contributed by atoms with Crippen molar-refractivity contribution in [1.82, 2.24) is 0 Å². The van der Waals surface area contributed by atoms with Gasteiger partial charge in [-0.15, -0.1) is 11.6 Å². The highest BCUT2D eigenvalue weighted by Crippen LogP contribution is 2.41. The molecule has 1 aliphatic carbocycles. The number of anilines is 1. The number of rotatable bonds is 11. The minimum absolute atomic E-state index is 0.00501. The number of hydrogen-bond donors (Lipinski definition) is 0. The molecule has 2 aromatic carbocycles. The summed E-state index contributed by atoms with van der Waals surface area (Å²) >= 11 is 5.69. The fraction of sp³-hybridized carbons (Fsp3) is 0.517. The Morgan fingerprint density at radius 3 is 2.17 bits per heavy atom. The molecule has 0 spiro atoms. The highest BCUT2D eigenvalue weighted by atomic mass is 35.5. The number of methoxy groups -OCH3 is 3. The minimum atomic E-state index is -4.83. The maximum Gasteiger partial charge on any atom is 0.419 e. The van der Waals surface area contributed by atoms with E-state index in [1.807, 2.05) is 0 Å². The Hall–Kier alpha value is -2.89.